The topological polar surface area (TPSA) is 44.9 Å². The van der Waals surface area contributed by atoms with Crippen LogP contribution in [0.5, 0.6) is 0 Å². The number of hydrogen-bond donors (Lipinski definition) is 1. The van der Waals surface area contributed by atoms with Gasteiger partial charge in [0, 0.05) is 24.7 Å². The Labute approximate surface area is 104 Å². The van der Waals surface area contributed by atoms with Gasteiger partial charge in [-0.2, -0.15) is 0 Å². The largest absolute Gasteiger partial charge is 0.370 e. The highest BCUT2D eigenvalue weighted by Gasteiger charge is 2.53. The van der Waals surface area contributed by atoms with Gasteiger partial charge in [-0.3, -0.25) is 9.89 Å². The fourth-order valence-corrected chi connectivity index (χ4v) is 3.85. The van der Waals surface area contributed by atoms with Gasteiger partial charge in [-0.25, -0.2) is 0 Å². The SMILES string of the molecule is CC1CC2(CN=C(N)N2C(C)C)CN1C1CC1. The summed E-state index contributed by atoms with van der Waals surface area (Å²) in [5.41, 5.74) is 6.27. The Hall–Kier alpha value is -0.770. The van der Waals surface area contributed by atoms with E-state index >= 15 is 0 Å². The molecule has 2 unspecified atom stereocenters. The van der Waals surface area contributed by atoms with Crippen LogP contribution in [-0.2, 0) is 0 Å². The van der Waals surface area contributed by atoms with Gasteiger partial charge in [0.2, 0.25) is 0 Å². The third-order valence-corrected chi connectivity index (χ3v) is 4.54. The van der Waals surface area contributed by atoms with Crippen LogP contribution in [0.1, 0.15) is 40.0 Å². The first-order chi connectivity index (χ1) is 8.03. The van der Waals surface area contributed by atoms with Gasteiger partial charge in [-0.15, -0.1) is 0 Å². The van der Waals surface area contributed by atoms with Crippen molar-refractivity contribution in [3.63, 3.8) is 0 Å². The summed E-state index contributed by atoms with van der Waals surface area (Å²) in [5, 5.41) is 0. The lowest BCUT2D eigenvalue weighted by molar-refractivity contribution is 0.161. The van der Waals surface area contributed by atoms with Crippen LogP contribution in [-0.4, -0.2) is 52.5 Å². The quantitative estimate of drug-likeness (QED) is 0.778. The Morgan fingerprint density at radius 2 is 2.12 bits per heavy atom. The van der Waals surface area contributed by atoms with Gasteiger partial charge in [0.25, 0.3) is 0 Å². The van der Waals surface area contributed by atoms with E-state index in [0.29, 0.717) is 12.1 Å². The van der Waals surface area contributed by atoms with Crippen LogP contribution >= 0.6 is 0 Å². The van der Waals surface area contributed by atoms with Crippen LogP contribution in [0.2, 0.25) is 0 Å². The zero-order valence-electron chi connectivity index (χ0n) is 11.2. The molecule has 0 aromatic heterocycles. The molecule has 1 saturated heterocycles. The van der Waals surface area contributed by atoms with Crippen molar-refractivity contribution in [1.29, 1.82) is 0 Å². The molecule has 2 N–H and O–H groups in total. The second-order valence-corrected chi connectivity index (χ2v) is 6.32. The maximum absolute atomic E-state index is 6.07. The first kappa shape index (κ1) is 11.3. The fraction of sp³-hybridized carbons (Fsp3) is 0.923. The molecule has 3 aliphatic rings. The number of guanidine groups is 1. The molecule has 3 rings (SSSR count). The number of nitrogens with two attached hydrogens (primary N) is 1. The summed E-state index contributed by atoms with van der Waals surface area (Å²) < 4.78 is 0. The van der Waals surface area contributed by atoms with E-state index < -0.39 is 0 Å². The third kappa shape index (κ3) is 1.65. The van der Waals surface area contributed by atoms with Gasteiger partial charge in [-0.05, 0) is 40.0 Å². The van der Waals surface area contributed by atoms with Crippen LogP contribution in [0.4, 0.5) is 0 Å². The van der Waals surface area contributed by atoms with Crippen LogP contribution in [0.25, 0.3) is 0 Å². The molecule has 2 heterocycles. The molecular weight excluding hydrogens is 212 g/mol. The van der Waals surface area contributed by atoms with E-state index in [1.165, 1.54) is 19.3 Å². The monoisotopic (exact) mass is 236 g/mol. The summed E-state index contributed by atoms with van der Waals surface area (Å²) >= 11 is 0. The van der Waals surface area contributed by atoms with Crippen LogP contribution in [0, 0.1) is 0 Å². The first-order valence-electron chi connectivity index (χ1n) is 6.88. The van der Waals surface area contributed by atoms with Crippen molar-refractivity contribution in [1.82, 2.24) is 9.80 Å². The highest BCUT2D eigenvalue weighted by Crippen LogP contribution is 2.42. The van der Waals surface area contributed by atoms with Gasteiger partial charge in [0.15, 0.2) is 5.96 Å². The summed E-state index contributed by atoms with van der Waals surface area (Å²) in [6.07, 6.45) is 3.99. The molecule has 4 heteroatoms. The van der Waals surface area contributed by atoms with E-state index in [9.17, 15) is 0 Å². The Morgan fingerprint density at radius 3 is 2.71 bits per heavy atom. The molecule has 2 atom stereocenters. The molecule has 4 nitrogen and oxygen atoms in total. The Bertz CT molecular complexity index is 347. The lowest BCUT2D eigenvalue weighted by Crippen LogP contribution is -2.56. The zero-order valence-corrected chi connectivity index (χ0v) is 11.2. The number of nitrogens with zero attached hydrogens (tertiary/aromatic N) is 3. The fourth-order valence-electron chi connectivity index (χ4n) is 3.85. The number of rotatable bonds is 2. The van der Waals surface area contributed by atoms with E-state index in [0.717, 1.165) is 25.1 Å². The average Bonchev–Trinajstić information content (AvgIpc) is 2.96. The van der Waals surface area contributed by atoms with Crippen molar-refractivity contribution in [3.05, 3.63) is 0 Å². The average molecular weight is 236 g/mol. The van der Waals surface area contributed by atoms with E-state index in [-0.39, 0.29) is 5.54 Å². The molecule has 1 saturated carbocycles. The molecule has 1 spiro atoms. The minimum atomic E-state index is 0.195. The van der Waals surface area contributed by atoms with Crippen molar-refractivity contribution < 1.29 is 0 Å². The molecule has 0 aromatic rings. The lowest BCUT2D eigenvalue weighted by atomic mass is 9.94. The van der Waals surface area contributed by atoms with Crippen molar-refractivity contribution in [2.75, 3.05) is 13.1 Å². The van der Waals surface area contributed by atoms with E-state index in [2.05, 4.69) is 35.6 Å². The zero-order chi connectivity index (χ0) is 12.2. The molecule has 1 aliphatic carbocycles. The van der Waals surface area contributed by atoms with Gasteiger partial charge in [0.05, 0.1) is 12.1 Å². The number of hydrogen-bond acceptors (Lipinski definition) is 4. The van der Waals surface area contributed by atoms with Crippen molar-refractivity contribution in [2.24, 2.45) is 10.7 Å². The maximum atomic E-state index is 6.07. The molecule has 0 bridgehead atoms. The molecule has 0 amide bonds. The molecule has 2 fully saturated rings. The minimum absolute atomic E-state index is 0.195. The molecule has 0 radical (unpaired) electrons. The summed E-state index contributed by atoms with van der Waals surface area (Å²) in [6, 6.07) is 1.98. The number of likely N-dealkylation sites (tertiary alicyclic amines) is 1. The molecule has 0 aromatic carbocycles. The lowest BCUT2D eigenvalue weighted by Gasteiger charge is -2.39. The molecule has 96 valence electrons. The number of aliphatic imine (C=N–C) groups is 1. The Morgan fingerprint density at radius 1 is 1.41 bits per heavy atom. The van der Waals surface area contributed by atoms with Gasteiger partial charge < -0.3 is 10.6 Å². The smallest absolute Gasteiger partial charge is 0.192 e. The second kappa shape index (κ2) is 3.61. The van der Waals surface area contributed by atoms with E-state index in [1.807, 2.05) is 0 Å². The summed E-state index contributed by atoms with van der Waals surface area (Å²) in [5.74, 6) is 0.754. The summed E-state index contributed by atoms with van der Waals surface area (Å²) in [4.78, 5) is 9.57. The third-order valence-electron chi connectivity index (χ3n) is 4.54. The highest BCUT2D eigenvalue weighted by atomic mass is 15.4. The van der Waals surface area contributed by atoms with Gasteiger partial charge in [0.1, 0.15) is 0 Å². The molecule has 2 aliphatic heterocycles. The normalized spacial score (nSPS) is 38.5. The highest BCUT2D eigenvalue weighted by molar-refractivity contribution is 5.81. The predicted octanol–water partition coefficient (Wildman–Crippen LogP) is 1.02. The van der Waals surface area contributed by atoms with Crippen molar-refractivity contribution in [3.8, 4) is 0 Å². The Balaban J connectivity index is 1.83. The second-order valence-electron chi connectivity index (χ2n) is 6.32. The first-order valence-corrected chi connectivity index (χ1v) is 6.88. The minimum Gasteiger partial charge on any atom is -0.370 e. The molecular formula is C13H24N4. The van der Waals surface area contributed by atoms with Crippen molar-refractivity contribution in [2.45, 2.75) is 63.7 Å². The van der Waals surface area contributed by atoms with Crippen LogP contribution in [0.15, 0.2) is 4.99 Å². The van der Waals surface area contributed by atoms with Crippen molar-refractivity contribution >= 4 is 5.96 Å². The van der Waals surface area contributed by atoms with Crippen LogP contribution < -0.4 is 5.73 Å². The maximum Gasteiger partial charge on any atom is 0.192 e. The van der Waals surface area contributed by atoms with Crippen LogP contribution in [0.3, 0.4) is 0 Å². The predicted molar refractivity (Wildman–Crippen MR) is 70.0 cm³/mol. The van der Waals surface area contributed by atoms with E-state index in [4.69, 9.17) is 5.73 Å². The van der Waals surface area contributed by atoms with E-state index in [1.54, 1.807) is 0 Å². The Kier molecular flexibility index (Phi) is 2.41. The molecule has 17 heavy (non-hydrogen) atoms. The van der Waals surface area contributed by atoms with Gasteiger partial charge >= 0.3 is 0 Å². The standard InChI is InChI=1S/C13H24N4/c1-9(2)17-12(14)15-7-13(17)6-10(3)16(8-13)11-4-5-11/h9-11H,4-8H2,1-3H3,(H2,14,15). The van der Waals surface area contributed by atoms with Gasteiger partial charge in [-0.1, -0.05) is 0 Å². The summed E-state index contributed by atoms with van der Waals surface area (Å²) in [6.45, 7) is 8.85. The summed E-state index contributed by atoms with van der Waals surface area (Å²) in [7, 11) is 0.